The number of likely N-dealkylation sites (tertiary alicyclic amines) is 1. The van der Waals surface area contributed by atoms with Crippen molar-refractivity contribution in [2.45, 2.75) is 13.0 Å². The van der Waals surface area contributed by atoms with E-state index in [1.165, 1.54) is 12.1 Å². The Balaban J connectivity index is 2.19. The molecule has 1 aliphatic rings. The van der Waals surface area contributed by atoms with E-state index in [4.69, 9.17) is 16.7 Å². The zero-order chi connectivity index (χ0) is 19.7. The van der Waals surface area contributed by atoms with Crippen molar-refractivity contribution in [2.24, 2.45) is 0 Å². The maximum absolute atomic E-state index is 12.6. The van der Waals surface area contributed by atoms with E-state index in [9.17, 15) is 19.5 Å². The van der Waals surface area contributed by atoms with Crippen LogP contribution < -0.4 is 0 Å². The Labute approximate surface area is 160 Å². The molecule has 0 radical (unpaired) electrons. The zero-order valence-corrected chi connectivity index (χ0v) is 15.1. The number of benzene rings is 2. The summed E-state index contributed by atoms with van der Waals surface area (Å²) in [6.45, 7) is 1.23. The Morgan fingerprint density at radius 2 is 1.63 bits per heavy atom. The van der Waals surface area contributed by atoms with Gasteiger partial charge in [-0.25, -0.2) is 0 Å². The minimum atomic E-state index is -1.25. The molecule has 1 unspecified atom stereocenters. The second-order valence-electron chi connectivity index (χ2n) is 6.24. The van der Waals surface area contributed by atoms with Gasteiger partial charge in [0.1, 0.15) is 12.3 Å². The molecule has 1 amide bonds. The van der Waals surface area contributed by atoms with Crippen LogP contribution in [0.25, 0.3) is 5.76 Å². The molecule has 1 saturated heterocycles. The van der Waals surface area contributed by atoms with Gasteiger partial charge in [-0.15, -0.1) is 0 Å². The lowest BCUT2D eigenvalue weighted by atomic mass is 9.95. The fraction of sp³-hybridized carbons (Fsp3) is 0.150. The van der Waals surface area contributed by atoms with E-state index in [2.05, 4.69) is 0 Å². The monoisotopic (exact) mass is 385 g/mol. The van der Waals surface area contributed by atoms with E-state index < -0.39 is 30.2 Å². The third-order valence-electron chi connectivity index (χ3n) is 4.36. The van der Waals surface area contributed by atoms with Crippen LogP contribution in [-0.2, 0) is 14.4 Å². The fourth-order valence-corrected chi connectivity index (χ4v) is 3.17. The summed E-state index contributed by atoms with van der Waals surface area (Å²) in [6.07, 6.45) is 0. The van der Waals surface area contributed by atoms with Gasteiger partial charge in [0, 0.05) is 10.6 Å². The highest BCUT2D eigenvalue weighted by molar-refractivity contribution is 6.46. The molecular formula is C20H16ClNO5. The predicted molar refractivity (Wildman–Crippen MR) is 99.3 cm³/mol. The number of Topliss-reactive ketones (excluding diaryl/α,β-unsaturated/α-hetero) is 1. The number of rotatable bonds is 4. The van der Waals surface area contributed by atoms with E-state index in [-0.39, 0.29) is 11.3 Å². The summed E-state index contributed by atoms with van der Waals surface area (Å²) in [5.74, 6) is -3.50. The number of amides is 1. The number of aliphatic carboxylic acids is 1. The van der Waals surface area contributed by atoms with Crippen molar-refractivity contribution in [3.63, 3.8) is 0 Å². The predicted octanol–water partition coefficient (Wildman–Crippen LogP) is 3.15. The molecule has 0 bridgehead atoms. The average Bonchev–Trinajstić information content (AvgIpc) is 2.87. The maximum Gasteiger partial charge on any atom is 0.323 e. The first kappa shape index (κ1) is 18.7. The van der Waals surface area contributed by atoms with Crippen LogP contribution in [-0.4, -0.2) is 39.3 Å². The third-order valence-corrected chi connectivity index (χ3v) is 4.61. The van der Waals surface area contributed by atoms with Crippen LogP contribution in [0.4, 0.5) is 0 Å². The number of carbonyl (C=O) groups excluding carboxylic acids is 2. The van der Waals surface area contributed by atoms with Gasteiger partial charge in [-0.3, -0.25) is 14.4 Å². The van der Waals surface area contributed by atoms with Crippen LogP contribution in [0.5, 0.6) is 0 Å². The molecule has 2 N–H and O–H groups in total. The second-order valence-corrected chi connectivity index (χ2v) is 6.67. The Bertz CT molecular complexity index is 947. The minimum Gasteiger partial charge on any atom is -0.507 e. The first-order chi connectivity index (χ1) is 12.8. The zero-order valence-electron chi connectivity index (χ0n) is 14.3. The molecule has 27 heavy (non-hydrogen) atoms. The van der Waals surface area contributed by atoms with Gasteiger partial charge in [0.05, 0.1) is 11.6 Å². The van der Waals surface area contributed by atoms with Gasteiger partial charge in [0.25, 0.3) is 11.7 Å². The molecule has 1 atom stereocenters. The molecule has 2 aromatic rings. The second kappa shape index (κ2) is 7.25. The van der Waals surface area contributed by atoms with Gasteiger partial charge in [-0.1, -0.05) is 41.4 Å². The van der Waals surface area contributed by atoms with Crippen molar-refractivity contribution < 1.29 is 24.6 Å². The summed E-state index contributed by atoms with van der Waals surface area (Å²) in [4.78, 5) is 37.2. The van der Waals surface area contributed by atoms with Crippen molar-refractivity contribution >= 4 is 35.0 Å². The van der Waals surface area contributed by atoms with Gasteiger partial charge in [-0.2, -0.15) is 0 Å². The largest absolute Gasteiger partial charge is 0.507 e. The average molecular weight is 386 g/mol. The lowest BCUT2D eigenvalue weighted by molar-refractivity contribution is -0.146. The molecular weight excluding hydrogens is 370 g/mol. The molecule has 3 rings (SSSR count). The highest BCUT2D eigenvalue weighted by Gasteiger charge is 2.46. The number of carbonyl (C=O) groups is 3. The van der Waals surface area contributed by atoms with Gasteiger partial charge in [0.15, 0.2) is 0 Å². The normalized spacial score (nSPS) is 18.7. The van der Waals surface area contributed by atoms with E-state index in [0.717, 1.165) is 10.5 Å². The summed E-state index contributed by atoms with van der Waals surface area (Å²) in [6, 6.07) is 12.1. The van der Waals surface area contributed by atoms with E-state index >= 15 is 0 Å². The number of aliphatic hydroxyl groups excluding tert-OH is 1. The number of hydrogen-bond acceptors (Lipinski definition) is 4. The number of aryl methyl sites for hydroxylation is 1. The van der Waals surface area contributed by atoms with Crippen molar-refractivity contribution in [2.75, 3.05) is 6.54 Å². The first-order valence-corrected chi connectivity index (χ1v) is 8.50. The maximum atomic E-state index is 12.6. The highest BCUT2D eigenvalue weighted by Crippen LogP contribution is 2.39. The molecule has 2 aromatic carbocycles. The van der Waals surface area contributed by atoms with E-state index in [1.807, 2.05) is 6.92 Å². The number of carboxylic acids is 1. The number of halogens is 1. The molecule has 1 fully saturated rings. The quantitative estimate of drug-likeness (QED) is 0.479. The van der Waals surface area contributed by atoms with Gasteiger partial charge >= 0.3 is 5.97 Å². The van der Waals surface area contributed by atoms with Crippen LogP contribution >= 0.6 is 11.6 Å². The van der Waals surface area contributed by atoms with Crippen molar-refractivity contribution in [1.82, 2.24) is 4.90 Å². The van der Waals surface area contributed by atoms with E-state index in [0.29, 0.717) is 16.1 Å². The molecule has 0 saturated carbocycles. The Morgan fingerprint density at radius 1 is 1.04 bits per heavy atom. The first-order valence-electron chi connectivity index (χ1n) is 8.12. The van der Waals surface area contributed by atoms with Gasteiger partial charge in [-0.05, 0) is 36.8 Å². The Kier molecular flexibility index (Phi) is 5.01. The van der Waals surface area contributed by atoms with Gasteiger partial charge < -0.3 is 15.1 Å². The smallest absolute Gasteiger partial charge is 0.323 e. The third kappa shape index (κ3) is 3.57. The number of nitrogens with zero attached hydrogens (tertiary/aromatic N) is 1. The van der Waals surface area contributed by atoms with Crippen LogP contribution in [0.1, 0.15) is 22.7 Å². The van der Waals surface area contributed by atoms with Crippen LogP contribution in [0.3, 0.4) is 0 Å². The molecule has 0 aliphatic carbocycles. The van der Waals surface area contributed by atoms with Gasteiger partial charge in [0.2, 0.25) is 0 Å². The van der Waals surface area contributed by atoms with Crippen molar-refractivity contribution in [3.8, 4) is 0 Å². The summed E-state index contributed by atoms with van der Waals surface area (Å²) in [5.41, 5.74) is 1.67. The topological polar surface area (TPSA) is 94.9 Å². The molecule has 7 heteroatoms. The number of ketones is 1. The lowest BCUT2D eigenvalue weighted by Gasteiger charge is -2.23. The number of carboxylic acid groups (broad SMARTS) is 1. The van der Waals surface area contributed by atoms with Crippen LogP contribution in [0.15, 0.2) is 54.1 Å². The molecule has 138 valence electrons. The molecule has 0 aromatic heterocycles. The lowest BCUT2D eigenvalue weighted by Crippen LogP contribution is -2.34. The summed E-state index contributed by atoms with van der Waals surface area (Å²) in [7, 11) is 0. The number of hydrogen-bond donors (Lipinski definition) is 2. The van der Waals surface area contributed by atoms with Crippen LogP contribution in [0, 0.1) is 6.92 Å². The highest BCUT2D eigenvalue weighted by atomic mass is 35.5. The van der Waals surface area contributed by atoms with Crippen molar-refractivity contribution in [1.29, 1.82) is 0 Å². The fourth-order valence-electron chi connectivity index (χ4n) is 3.05. The summed E-state index contributed by atoms with van der Waals surface area (Å²) in [5, 5.41) is 20.3. The van der Waals surface area contributed by atoms with E-state index in [1.54, 1.807) is 36.4 Å². The standard InChI is InChI=1S/C20H16ClNO5/c1-11-2-4-12(5-3-11)17-16(18(25)13-6-8-14(21)9-7-13)19(26)20(27)22(17)10-15(23)24/h2-9,17,25H,10H2,1H3,(H,23,24)/b18-16+. The minimum absolute atomic E-state index is 0.146. The van der Waals surface area contributed by atoms with Crippen LogP contribution in [0.2, 0.25) is 5.02 Å². The summed E-state index contributed by atoms with van der Waals surface area (Å²) >= 11 is 5.86. The SMILES string of the molecule is Cc1ccc(C2/C(=C(\O)c3ccc(Cl)cc3)C(=O)C(=O)N2CC(=O)O)cc1. The number of aliphatic hydroxyl groups is 1. The Hall–Kier alpha value is -3.12. The van der Waals surface area contributed by atoms with Crippen molar-refractivity contribution in [3.05, 3.63) is 75.8 Å². The molecule has 0 spiro atoms. The molecule has 1 aliphatic heterocycles. The Morgan fingerprint density at radius 3 is 2.19 bits per heavy atom. The summed E-state index contributed by atoms with van der Waals surface area (Å²) < 4.78 is 0. The molecule has 1 heterocycles. The molecule has 6 nitrogen and oxygen atoms in total.